The zero-order valence-corrected chi connectivity index (χ0v) is 21.0. The minimum Gasteiger partial charge on any atom is -0.493 e. The summed E-state index contributed by atoms with van der Waals surface area (Å²) in [6, 6.07) is 20.4. The van der Waals surface area contributed by atoms with Gasteiger partial charge in [-0.2, -0.15) is 4.98 Å². The molecule has 35 heavy (non-hydrogen) atoms. The van der Waals surface area contributed by atoms with Crippen molar-refractivity contribution in [3.63, 3.8) is 0 Å². The van der Waals surface area contributed by atoms with Crippen LogP contribution in [0.1, 0.15) is 51.3 Å². The Morgan fingerprint density at radius 2 is 1.80 bits per heavy atom. The summed E-state index contributed by atoms with van der Waals surface area (Å²) >= 11 is 1.63. The fraction of sp³-hybridized carbons (Fsp3) is 0.321. The van der Waals surface area contributed by atoms with Crippen molar-refractivity contribution in [1.29, 1.82) is 0 Å². The first-order valence-corrected chi connectivity index (χ1v) is 13.3. The van der Waals surface area contributed by atoms with Crippen molar-refractivity contribution in [2.45, 2.75) is 50.9 Å². The minimum atomic E-state index is -0.510. The average Bonchev–Trinajstić information content (AvgIpc) is 3.05. The van der Waals surface area contributed by atoms with Gasteiger partial charge in [0.2, 0.25) is 17.3 Å². The van der Waals surface area contributed by atoms with Crippen molar-refractivity contribution in [3.05, 3.63) is 66.2 Å². The van der Waals surface area contributed by atoms with Crippen molar-refractivity contribution in [2.24, 2.45) is 0 Å². The van der Waals surface area contributed by atoms with Crippen molar-refractivity contribution in [2.75, 3.05) is 17.7 Å². The monoisotopic (exact) mass is 486 g/mol. The van der Waals surface area contributed by atoms with E-state index in [-0.39, 0.29) is 0 Å². The van der Waals surface area contributed by atoms with Crippen LogP contribution in [-0.2, 0) is 0 Å². The first-order chi connectivity index (χ1) is 17.3. The van der Waals surface area contributed by atoms with E-state index >= 15 is 0 Å². The van der Waals surface area contributed by atoms with Gasteiger partial charge in [0.1, 0.15) is 5.75 Å². The highest BCUT2D eigenvalue weighted by Crippen LogP contribution is 2.43. The van der Waals surface area contributed by atoms with Gasteiger partial charge in [-0.3, -0.25) is 0 Å². The maximum absolute atomic E-state index is 6.59. The summed E-state index contributed by atoms with van der Waals surface area (Å²) in [4.78, 5) is 4.81. The Bertz CT molecular complexity index is 1310. The van der Waals surface area contributed by atoms with Gasteiger partial charge in [0.15, 0.2) is 5.69 Å². The van der Waals surface area contributed by atoms with Crippen LogP contribution in [0.2, 0.25) is 0 Å². The minimum absolute atomic E-state index is 0.480. The first-order valence-electron chi connectivity index (χ1n) is 12.3. The SMILES string of the molecule is CCCCCCSc1nnc2c(n1)OC(c1c(OCC)ccc3ccccc13)Nc1ccccc1-2. The topological polar surface area (TPSA) is 69.2 Å². The normalized spacial score (nSPS) is 14.4. The molecule has 0 radical (unpaired) electrons. The van der Waals surface area contributed by atoms with E-state index in [1.165, 1.54) is 19.3 Å². The number of hydrogen-bond donors (Lipinski definition) is 1. The number of ether oxygens (including phenoxy) is 2. The smallest absolute Gasteiger partial charge is 0.247 e. The summed E-state index contributed by atoms with van der Waals surface area (Å²) in [5, 5.41) is 15.4. The van der Waals surface area contributed by atoms with Crippen molar-refractivity contribution >= 4 is 28.2 Å². The highest BCUT2D eigenvalue weighted by molar-refractivity contribution is 7.99. The molecule has 0 saturated heterocycles. The van der Waals surface area contributed by atoms with E-state index in [0.29, 0.717) is 23.3 Å². The van der Waals surface area contributed by atoms with Crippen LogP contribution >= 0.6 is 11.8 Å². The predicted octanol–water partition coefficient (Wildman–Crippen LogP) is 7.27. The van der Waals surface area contributed by atoms with Crippen molar-refractivity contribution in [1.82, 2.24) is 15.2 Å². The molecule has 4 aromatic rings. The molecule has 0 amide bonds. The Morgan fingerprint density at radius 3 is 2.69 bits per heavy atom. The van der Waals surface area contributed by atoms with E-state index in [2.05, 4.69) is 40.6 Å². The average molecular weight is 487 g/mol. The van der Waals surface area contributed by atoms with E-state index < -0.39 is 6.23 Å². The van der Waals surface area contributed by atoms with Gasteiger partial charge in [0.05, 0.1) is 12.2 Å². The molecule has 1 unspecified atom stereocenters. The van der Waals surface area contributed by atoms with Gasteiger partial charge in [-0.1, -0.05) is 86.5 Å². The number of nitrogens with zero attached hydrogens (tertiary/aromatic N) is 3. The largest absolute Gasteiger partial charge is 0.493 e. The number of unbranched alkanes of at least 4 members (excludes halogenated alkanes) is 3. The van der Waals surface area contributed by atoms with Gasteiger partial charge in [0.25, 0.3) is 0 Å². The van der Waals surface area contributed by atoms with Crippen LogP contribution in [0.25, 0.3) is 22.0 Å². The second-order valence-corrected chi connectivity index (χ2v) is 9.54. The molecule has 0 aliphatic carbocycles. The fourth-order valence-corrected chi connectivity index (χ4v) is 5.14. The molecule has 1 N–H and O–H groups in total. The van der Waals surface area contributed by atoms with Crippen molar-refractivity contribution in [3.8, 4) is 22.9 Å². The molecule has 7 heteroatoms. The molecular weight excluding hydrogens is 456 g/mol. The molecule has 1 aromatic heterocycles. The number of anilines is 1. The number of rotatable bonds is 9. The first kappa shape index (κ1) is 23.4. The number of thioether (sulfide) groups is 1. The van der Waals surface area contributed by atoms with E-state index in [0.717, 1.165) is 45.5 Å². The Hall–Kier alpha value is -3.32. The molecule has 0 saturated carbocycles. The van der Waals surface area contributed by atoms with Crippen molar-refractivity contribution < 1.29 is 9.47 Å². The number of benzene rings is 3. The molecule has 1 aliphatic rings. The second kappa shape index (κ2) is 11.0. The van der Waals surface area contributed by atoms with Gasteiger partial charge >= 0.3 is 0 Å². The summed E-state index contributed by atoms with van der Waals surface area (Å²) in [6.07, 6.45) is 4.33. The summed E-state index contributed by atoms with van der Waals surface area (Å²) in [6.45, 7) is 4.78. The lowest BCUT2D eigenvalue weighted by Gasteiger charge is -2.23. The summed E-state index contributed by atoms with van der Waals surface area (Å²) in [5.74, 6) is 2.24. The van der Waals surface area contributed by atoms with E-state index in [9.17, 15) is 0 Å². The Kier molecular flexibility index (Phi) is 7.33. The second-order valence-electron chi connectivity index (χ2n) is 8.48. The zero-order valence-electron chi connectivity index (χ0n) is 20.2. The molecule has 3 aromatic carbocycles. The van der Waals surface area contributed by atoms with Crippen LogP contribution in [0.3, 0.4) is 0 Å². The Balaban J connectivity index is 1.56. The summed E-state index contributed by atoms with van der Waals surface area (Å²) < 4.78 is 12.6. The summed E-state index contributed by atoms with van der Waals surface area (Å²) in [5.41, 5.74) is 3.43. The third-order valence-electron chi connectivity index (χ3n) is 6.06. The van der Waals surface area contributed by atoms with E-state index in [1.807, 2.05) is 49.4 Å². The number of nitrogens with one attached hydrogen (secondary N) is 1. The molecule has 0 bridgehead atoms. The zero-order chi connectivity index (χ0) is 24.0. The number of aromatic nitrogens is 3. The molecule has 0 fully saturated rings. The Labute approximate surface area is 210 Å². The third kappa shape index (κ3) is 5.05. The van der Waals surface area contributed by atoms with Gasteiger partial charge in [-0.05, 0) is 36.2 Å². The molecular formula is C28H30N4O2S. The molecule has 0 spiro atoms. The highest BCUT2D eigenvalue weighted by Gasteiger charge is 2.29. The van der Waals surface area contributed by atoms with Crippen LogP contribution in [0, 0.1) is 0 Å². The van der Waals surface area contributed by atoms with E-state index in [1.54, 1.807) is 11.8 Å². The van der Waals surface area contributed by atoms with Crippen LogP contribution < -0.4 is 14.8 Å². The molecule has 5 rings (SSSR count). The number of hydrogen-bond acceptors (Lipinski definition) is 7. The van der Waals surface area contributed by atoms with Crippen LogP contribution in [0.5, 0.6) is 11.6 Å². The van der Waals surface area contributed by atoms with Gasteiger partial charge in [0, 0.05) is 17.0 Å². The number of para-hydroxylation sites is 1. The maximum Gasteiger partial charge on any atom is 0.247 e. The standard InChI is InChI=1S/C28H30N4O2S/c1-3-5-6-11-18-35-28-30-27-25(31-32-28)21-14-9-10-15-22(21)29-26(34-27)24-20-13-8-7-12-19(20)16-17-23(24)33-4-2/h7-10,12-17,26,29H,3-6,11,18H2,1-2H3. The molecule has 1 atom stereocenters. The maximum atomic E-state index is 6.59. The summed E-state index contributed by atoms with van der Waals surface area (Å²) in [7, 11) is 0. The molecule has 6 nitrogen and oxygen atoms in total. The highest BCUT2D eigenvalue weighted by atomic mass is 32.2. The van der Waals surface area contributed by atoms with Gasteiger partial charge in [-0.15, -0.1) is 10.2 Å². The van der Waals surface area contributed by atoms with Crippen LogP contribution in [-0.4, -0.2) is 27.5 Å². The third-order valence-corrected chi connectivity index (χ3v) is 6.98. The molecule has 1 aliphatic heterocycles. The van der Waals surface area contributed by atoms with Crippen LogP contribution in [0.4, 0.5) is 5.69 Å². The van der Waals surface area contributed by atoms with Gasteiger partial charge < -0.3 is 14.8 Å². The van der Waals surface area contributed by atoms with E-state index in [4.69, 9.17) is 14.5 Å². The lowest BCUT2D eigenvalue weighted by atomic mass is 10.0. The molecule has 2 heterocycles. The lowest BCUT2D eigenvalue weighted by Crippen LogP contribution is -2.19. The molecule has 180 valence electrons. The predicted molar refractivity (Wildman–Crippen MR) is 142 cm³/mol. The quantitative estimate of drug-likeness (QED) is 0.197. The lowest BCUT2D eigenvalue weighted by molar-refractivity contribution is 0.218. The van der Waals surface area contributed by atoms with Gasteiger partial charge in [-0.25, -0.2) is 0 Å². The van der Waals surface area contributed by atoms with Crippen LogP contribution in [0.15, 0.2) is 65.8 Å². The fourth-order valence-electron chi connectivity index (χ4n) is 4.36. The number of fused-ring (bicyclic) bond motifs is 4. The Morgan fingerprint density at radius 1 is 0.943 bits per heavy atom.